The molecule has 0 bridgehead atoms. The molecule has 0 aromatic carbocycles. The second-order valence-corrected chi connectivity index (χ2v) is 6.72. The lowest BCUT2D eigenvalue weighted by atomic mass is 10.1. The lowest BCUT2D eigenvalue weighted by Gasteiger charge is -2.12. The van der Waals surface area contributed by atoms with Crippen LogP contribution in [0.4, 0.5) is 0 Å². The average molecular weight is 301 g/mol. The zero-order valence-electron chi connectivity index (χ0n) is 11.5. The van der Waals surface area contributed by atoms with Crippen molar-refractivity contribution >= 4 is 16.0 Å². The van der Waals surface area contributed by atoms with Crippen LogP contribution in [0, 0.1) is 5.92 Å². The summed E-state index contributed by atoms with van der Waals surface area (Å²) < 4.78 is 32.0. The maximum atomic E-state index is 12.3. The second-order valence-electron chi connectivity index (χ2n) is 5.07. The van der Waals surface area contributed by atoms with Gasteiger partial charge in [0.1, 0.15) is 5.56 Å². The second kappa shape index (κ2) is 5.92. The summed E-state index contributed by atoms with van der Waals surface area (Å²) in [7, 11) is -3.79. The SMILES string of the molecule is CCOC(=O)c1cn[nH]c1S(=O)(=O)NC1CCC(C)C1. The smallest absolute Gasteiger partial charge is 0.342 e. The number of carbonyl (C=O) groups is 1. The van der Waals surface area contributed by atoms with Crippen molar-refractivity contribution in [3.63, 3.8) is 0 Å². The molecule has 2 unspecified atom stereocenters. The highest BCUT2D eigenvalue weighted by Gasteiger charge is 2.30. The number of hydrogen-bond acceptors (Lipinski definition) is 5. The van der Waals surface area contributed by atoms with Crippen LogP contribution in [0.25, 0.3) is 0 Å². The van der Waals surface area contributed by atoms with Gasteiger partial charge in [-0.25, -0.2) is 17.9 Å². The Bertz CT molecular complexity index is 581. The summed E-state index contributed by atoms with van der Waals surface area (Å²) in [4.78, 5) is 11.7. The third-order valence-corrected chi connectivity index (χ3v) is 4.88. The van der Waals surface area contributed by atoms with Gasteiger partial charge in [0.15, 0.2) is 5.03 Å². The molecule has 1 heterocycles. The third kappa shape index (κ3) is 3.18. The Morgan fingerprint density at radius 1 is 1.55 bits per heavy atom. The molecule has 1 aromatic rings. The van der Waals surface area contributed by atoms with Crippen LogP contribution >= 0.6 is 0 Å². The molecule has 0 radical (unpaired) electrons. The monoisotopic (exact) mass is 301 g/mol. The highest BCUT2D eigenvalue weighted by atomic mass is 32.2. The molecule has 0 amide bonds. The van der Waals surface area contributed by atoms with Crippen LogP contribution in [0.3, 0.4) is 0 Å². The molecular formula is C12H19N3O4S. The Kier molecular flexibility index (Phi) is 4.44. The predicted molar refractivity (Wildman–Crippen MR) is 71.7 cm³/mol. The van der Waals surface area contributed by atoms with Crippen molar-refractivity contribution in [3.05, 3.63) is 11.8 Å². The number of aromatic amines is 1. The van der Waals surface area contributed by atoms with Gasteiger partial charge in [0, 0.05) is 6.04 Å². The van der Waals surface area contributed by atoms with Gasteiger partial charge in [0.05, 0.1) is 12.8 Å². The number of esters is 1. The van der Waals surface area contributed by atoms with Crippen LogP contribution in [-0.4, -0.2) is 37.2 Å². The molecule has 8 heteroatoms. The standard InChI is InChI=1S/C12H19N3O4S/c1-3-19-12(16)10-7-13-14-11(10)20(17,18)15-9-5-4-8(2)6-9/h7-9,15H,3-6H2,1-2H3,(H,13,14). The normalized spacial score (nSPS) is 22.9. The minimum absolute atomic E-state index is 0.0644. The number of aromatic nitrogens is 2. The first-order valence-electron chi connectivity index (χ1n) is 6.67. The molecule has 1 saturated carbocycles. The quantitative estimate of drug-likeness (QED) is 0.792. The van der Waals surface area contributed by atoms with E-state index in [1.807, 2.05) is 0 Å². The molecule has 20 heavy (non-hydrogen) atoms. The highest BCUT2D eigenvalue weighted by molar-refractivity contribution is 7.89. The molecule has 2 atom stereocenters. The molecule has 1 aliphatic rings. The summed E-state index contributed by atoms with van der Waals surface area (Å²) in [6.45, 7) is 3.93. The summed E-state index contributed by atoms with van der Waals surface area (Å²) in [5, 5.41) is 5.78. The lowest BCUT2D eigenvalue weighted by Crippen LogP contribution is -2.34. The summed E-state index contributed by atoms with van der Waals surface area (Å²) in [5.74, 6) is -0.185. The van der Waals surface area contributed by atoms with Crippen molar-refractivity contribution in [2.75, 3.05) is 6.61 Å². The van der Waals surface area contributed by atoms with Crippen molar-refractivity contribution in [1.82, 2.24) is 14.9 Å². The summed E-state index contributed by atoms with van der Waals surface area (Å²) in [6.07, 6.45) is 3.79. The number of carbonyl (C=O) groups excluding carboxylic acids is 1. The summed E-state index contributed by atoms with van der Waals surface area (Å²) in [6, 6.07) is -0.0895. The van der Waals surface area contributed by atoms with Gasteiger partial charge in [-0.05, 0) is 32.1 Å². The van der Waals surface area contributed by atoms with Gasteiger partial charge in [-0.1, -0.05) is 6.92 Å². The number of nitrogens with one attached hydrogen (secondary N) is 2. The van der Waals surface area contributed by atoms with E-state index in [1.54, 1.807) is 6.92 Å². The Morgan fingerprint density at radius 2 is 2.30 bits per heavy atom. The fourth-order valence-electron chi connectivity index (χ4n) is 2.43. The lowest BCUT2D eigenvalue weighted by molar-refractivity contribution is 0.0522. The van der Waals surface area contributed by atoms with Gasteiger partial charge in [-0.15, -0.1) is 0 Å². The maximum absolute atomic E-state index is 12.3. The Hall–Kier alpha value is -1.41. The molecule has 0 saturated heterocycles. The molecule has 112 valence electrons. The van der Waals surface area contributed by atoms with Gasteiger partial charge < -0.3 is 4.74 Å². The van der Waals surface area contributed by atoms with Crippen LogP contribution < -0.4 is 4.72 Å². The van der Waals surface area contributed by atoms with Crippen molar-refractivity contribution in [3.8, 4) is 0 Å². The van der Waals surface area contributed by atoms with E-state index in [1.165, 1.54) is 6.20 Å². The number of sulfonamides is 1. The van der Waals surface area contributed by atoms with Crippen LogP contribution in [0.15, 0.2) is 11.2 Å². The zero-order valence-corrected chi connectivity index (χ0v) is 12.4. The van der Waals surface area contributed by atoms with E-state index in [4.69, 9.17) is 4.74 Å². The van der Waals surface area contributed by atoms with Gasteiger partial charge in [-0.2, -0.15) is 5.10 Å². The van der Waals surface area contributed by atoms with Gasteiger partial charge >= 0.3 is 5.97 Å². The fraction of sp³-hybridized carbons (Fsp3) is 0.667. The average Bonchev–Trinajstić information content (AvgIpc) is 2.98. The third-order valence-electron chi connectivity index (χ3n) is 3.39. The zero-order chi connectivity index (χ0) is 14.8. The minimum atomic E-state index is -3.79. The molecule has 2 rings (SSSR count). The first kappa shape index (κ1) is 15.0. The predicted octanol–water partition coefficient (Wildman–Crippen LogP) is 1.05. The van der Waals surface area contributed by atoms with E-state index in [0.717, 1.165) is 19.3 Å². The number of H-pyrrole nitrogens is 1. The number of rotatable bonds is 5. The topological polar surface area (TPSA) is 101 Å². The minimum Gasteiger partial charge on any atom is -0.462 e. The van der Waals surface area contributed by atoms with Crippen LogP contribution in [-0.2, 0) is 14.8 Å². The Labute approximate surface area is 118 Å². The Balaban J connectivity index is 2.18. The summed E-state index contributed by atoms with van der Waals surface area (Å²) in [5.41, 5.74) is -0.0644. The largest absolute Gasteiger partial charge is 0.462 e. The van der Waals surface area contributed by atoms with E-state index in [-0.39, 0.29) is 23.2 Å². The van der Waals surface area contributed by atoms with Crippen molar-refractivity contribution < 1.29 is 17.9 Å². The number of ether oxygens (including phenoxy) is 1. The number of hydrogen-bond donors (Lipinski definition) is 2. The molecule has 7 nitrogen and oxygen atoms in total. The molecule has 1 aromatic heterocycles. The molecule has 1 aliphatic carbocycles. The first-order chi connectivity index (χ1) is 9.44. The maximum Gasteiger partial charge on any atom is 0.342 e. The molecule has 2 N–H and O–H groups in total. The molecule has 0 aliphatic heterocycles. The molecular weight excluding hydrogens is 282 g/mol. The van der Waals surface area contributed by atoms with E-state index in [0.29, 0.717) is 5.92 Å². The first-order valence-corrected chi connectivity index (χ1v) is 8.15. The van der Waals surface area contributed by atoms with E-state index < -0.39 is 16.0 Å². The van der Waals surface area contributed by atoms with Gasteiger partial charge in [0.25, 0.3) is 10.0 Å². The van der Waals surface area contributed by atoms with Crippen molar-refractivity contribution in [1.29, 1.82) is 0 Å². The van der Waals surface area contributed by atoms with Crippen molar-refractivity contribution in [2.45, 2.75) is 44.2 Å². The fourth-order valence-corrected chi connectivity index (χ4v) is 3.80. The molecule has 0 spiro atoms. The van der Waals surface area contributed by atoms with Crippen LogP contribution in [0.1, 0.15) is 43.5 Å². The highest BCUT2D eigenvalue weighted by Crippen LogP contribution is 2.26. The van der Waals surface area contributed by atoms with Crippen LogP contribution in [0.5, 0.6) is 0 Å². The van der Waals surface area contributed by atoms with E-state index in [9.17, 15) is 13.2 Å². The Morgan fingerprint density at radius 3 is 2.90 bits per heavy atom. The van der Waals surface area contributed by atoms with Crippen molar-refractivity contribution in [2.24, 2.45) is 5.92 Å². The van der Waals surface area contributed by atoms with E-state index >= 15 is 0 Å². The van der Waals surface area contributed by atoms with E-state index in [2.05, 4.69) is 21.8 Å². The van der Waals surface area contributed by atoms with Crippen LogP contribution in [0.2, 0.25) is 0 Å². The van der Waals surface area contributed by atoms with Gasteiger partial charge in [-0.3, -0.25) is 5.10 Å². The number of nitrogens with zero attached hydrogens (tertiary/aromatic N) is 1. The molecule has 1 fully saturated rings. The van der Waals surface area contributed by atoms with Gasteiger partial charge in [0.2, 0.25) is 0 Å². The summed E-state index contributed by atoms with van der Waals surface area (Å²) >= 11 is 0.